The Labute approximate surface area is 144 Å². The summed E-state index contributed by atoms with van der Waals surface area (Å²) in [5.74, 6) is -2.63. The summed E-state index contributed by atoms with van der Waals surface area (Å²) < 4.78 is 0.573. The van der Waals surface area contributed by atoms with Gasteiger partial charge in [-0.3, -0.25) is 9.59 Å². The molecule has 0 radical (unpaired) electrons. The smallest absolute Gasteiger partial charge is 0.328 e. The van der Waals surface area contributed by atoms with Crippen LogP contribution < -0.4 is 16.4 Å². The van der Waals surface area contributed by atoms with Gasteiger partial charge in [0.05, 0.1) is 22.2 Å². The molecule has 0 spiro atoms. The Hall–Kier alpha value is -1.35. The molecule has 0 saturated carbocycles. The van der Waals surface area contributed by atoms with E-state index in [4.69, 9.17) is 34.0 Å². The van der Waals surface area contributed by atoms with Gasteiger partial charge in [0.25, 0.3) is 5.91 Å². The van der Waals surface area contributed by atoms with E-state index in [9.17, 15) is 14.4 Å². The Morgan fingerprint density at radius 2 is 1.82 bits per heavy atom. The summed E-state index contributed by atoms with van der Waals surface area (Å²) in [6.07, 6.45) is 0. The summed E-state index contributed by atoms with van der Waals surface area (Å²) in [7, 11) is 0. The van der Waals surface area contributed by atoms with Crippen LogP contribution in [0.2, 0.25) is 10.0 Å². The van der Waals surface area contributed by atoms with Crippen LogP contribution in [0.1, 0.15) is 10.4 Å². The molecule has 0 saturated heterocycles. The lowest BCUT2D eigenvalue weighted by molar-refractivity contribution is -0.139. The fourth-order valence-electron chi connectivity index (χ4n) is 1.48. The number of amides is 2. The third-order valence-electron chi connectivity index (χ3n) is 2.53. The van der Waals surface area contributed by atoms with E-state index in [1.807, 2.05) is 0 Å². The van der Waals surface area contributed by atoms with Gasteiger partial charge in [0.1, 0.15) is 6.04 Å². The second-order valence-electron chi connectivity index (χ2n) is 4.12. The zero-order valence-corrected chi connectivity index (χ0v) is 14.1. The van der Waals surface area contributed by atoms with Gasteiger partial charge < -0.3 is 21.5 Å². The van der Waals surface area contributed by atoms with Crippen LogP contribution in [0, 0.1) is 0 Å². The molecule has 1 unspecified atom stereocenters. The summed E-state index contributed by atoms with van der Waals surface area (Å²) in [6, 6.07) is 1.56. The molecule has 0 aliphatic carbocycles. The Morgan fingerprint density at radius 3 is 2.27 bits per heavy atom. The minimum atomic E-state index is -1.35. The molecule has 1 aromatic rings. The second kappa shape index (κ2) is 8.33. The van der Waals surface area contributed by atoms with E-state index in [0.717, 1.165) is 0 Å². The molecule has 120 valence electrons. The van der Waals surface area contributed by atoms with Gasteiger partial charge in [0, 0.05) is 11.0 Å². The van der Waals surface area contributed by atoms with Gasteiger partial charge in [-0.05, 0) is 12.1 Å². The molecule has 22 heavy (non-hydrogen) atoms. The standard InChI is InChI=1S/C12H12BrCl2N3O4/c13-5-1-6(14)10(7(15)2-5)11(20)18-8(12(21)22)4-17-9(19)3-16/h1-2,8H,3-4,16H2,(H,17,19)(H,18,20)(H,21,22). The molecule has 0 bridgehead atoms. The number of halogens is 3. The fourth-order valence-corrected chi connectivity index (χ4v) is 2.86. The topological polar surface area (TPSA) is 122 Å². The van der Waals surface area contributed by atoms with Crippen LogP contribution in [-0.2, 0) is 9.59 Å². The first-order valence-corrected chi connectivity index (χ1v) is 7.46. The highest BCUT2D eigenvalue weighted by Crippen LogP contribution is 2.29. The largest absolute Gasteiger partial charge is 0.480 e. The normalized spacial score (nSPS) is 11.6. The van der Waals surface area contributed by atoms with Gasteiger partial charge in [0.2, 0.25) is 5.91 Å². The number of hydrogen-bond acceptors (Lipinski definition) is 4. The molecule has 1 rings (SSSR count). The lowest BCUT2D eigenvalue weighted by Gasteiger charge is -2.16. The minimum absolute atomic E-state index is 0.0528. The minimum Gasteiger partial charge on any atom is -0.480 e. The van der Waals surface area contributed by atoms with Crippen LogP contribution >= 0.6 is 39.1 Å². The zero-order valence-electron chi connectivity index (χ0n) is 11.0. The molecular formula is C12H12BrCl2N3O4. The van der Waals surface area contributed by atoms with E-state index < -0.39 is 23.8 Å². The van der Waals surface area contributed by atoms with E-state index >= 15 is 0 Å². The van der Waals surface area contributed by atoms with Gasteiger partial charge in [-0.25, -0.2) is 4.79 Å². The predicted octanol–water partition coefficient (Wildman–Crippen LogP) is 1.01. The number of rotatable bonds is 6. The van der Waals surface area contributed by atoms with Gasteiger partial charge in [0.15, 0.2) is 0 Å². The van der Waals surface area contributed by atoms with Crippen LogP contribution in [-0.4, -0.2) is 42.0 Å². The maximum absolute atomic E-state index is 12.1. The third-order valence-corrected chi connectivity index (χ3v) is 3.58. The zero-order chi connectivity index (χ0) is 16.9. The number of aliphatic carboxylic acids is 1. The van der Waals surface area contributed by atoms with Crippen molar-refractivity contribution in [1.29, 1.82) is 0 Å². The molecule has 5 N–H and O–H groups in total. The highest BCUT2D eigenvalue weighted by Gasteiger charge is 2.24. The highest BCUT2D eigenvalue weighted by molar-refractivity contribution is 9.10. The summed E-state index contributed by atoms with van der Waals surface area (Å²) in [6.45, 7) is -0.604. The Morgan fingerprint density at radius 1 is 1.27 bits per heavy atom. The van der Waals surface area contributed by atoms with Crippen LogP contribution in [0.25, 0.3) is 0 Å². The van der Waals surface area contributed by atoms with Crippen molar-refractivity contribution >= 4 is 56.9 Å². The first kappa shape index (κ1) is 18.7. The first-order chi connectivity index (χ1) is 10.3. The highest BCUT2D eigenvalue weighted by atomic mass is 79.9. The van der Waals surface area contributed by atoms with Crippen molar-refractivity contribution in [1.82, 2.24) is 10.6 Å². The number of carboxylic acids is 1. The molecular weight excluding hydrogens is 401 g/mol. The predicted molar refractivity (Wildman–Crippen MR) is 85.1 cm³/mol. The lowest BCUT2D eigenvalue weighted by atomic mass is 10.2. The molecule has 0 aliphatic heterocycles. The number of carboxylic acid groups (broad SMARTS) is 1. The molecule has 2 amide bonds. The molecule has 10 heteroatoms. The number of hydrogen-bond donors (Lipinski definition) is 4. The van der Waals surface area contributed by atoms with E-state index in [2.05, 4.69) is 26.6 Å². The summed E-state index contributed by atoms with van der Waals surface area (Å²) in [5, 5.41) is 13.7. The van der Waals surface area contributed by atoms with Crippen molar-refractivity contribution in [3.8, 4) is 0 Å². The Kier molecular flexibility index (Phi) is 7.08. The lowest BCUT2D eigenvalue weighted by Crippen LogP contribution is -2.49. The Balaban J connectivity index is 2.88. The van der Waals surface area contributed by atoms with Gasteiger partial charge in [-0.15, -0.1) is 0 Å². The van der Waals surface area contributed by atoms with Gasteiger partial charge >= 0.3 is 5.97 Å². The van der Waals surface area contributed by atoms with E-state index in [1.54, 1.807) is 0 Å². The van der Waals surface area contributed by atoms with Crippen molar-refractivity contribution < 1.29 is 19.5 Å². The van der Waals surface area contributed by atoms with Crippen molar-refractivity contribution in [2.24, 2.45) is 5.73 Å². The number of benzene rings is 1. The molecule has 0 aliphatic rings. The van der Waals surface area contributed by atoms with E-state index in [1.165, 1.54) is 12.1 Å². The Bertz CT molecular complexity index is 589. The molecule has 7 nitrogen and oxygen atoms in total. The third kappa shape index (κ3) is 5.13. The molecule has 0 heterocycles. The maximum atomic E-state index is 12.1. The summed E-state index contributed by atoms with van der Waals surface area (Å²) in [5.41, 5.74) is 5.04. The number of carbonyl (C=O) groups excluding carboxylic acids is 2. The number of carbonyl (C=O) groups is 3. The average Bonchev–Trinajstić information content (AvgIpc) is 2.41. The quantitative estimate of drug-likeness (QED) is 0.555. The molecule has 0 fully saturated rings. The van der Waals surface area contributed by atoms with Crippen molar-refractivity contribution in [2.45, 2.75) is 6.04 Å². The average molecular weight is 413 g/mol. The van der Waals surface area contributed by atoms with Crippen LogP contribution in [0.5, 0.6) is 0 Å². The fraction of sp³-hybridized carbons (Fsp3) is 0.250. The van der Waals surface area contributed by atoms with Crippen LogP contribution in [0.3, 0.4) is 0 Å². The summed E-state index contributed by atoms with van der Waals surface area (Å²) in [4.78, 5) is 34.3. The second-order valence-corrected chi connectivity index (χ2v) is 5.85. The van der Waals surface area contributed by atoms with Gasteiger partial charge in [-0.2, -0.15) is 0 Å². The van der Waals surface area contributed by atoms with Crippen LogP contribution in [0.4, 0.5) is 0 Å². The first-order valence-electron chi connectivity index (χ1n) is 5.91. The molecule has 1 aromatic carbocycles. The summed E-state index contributed by atoms with van der Waals surface area (Å²) >= 11 is 15.0. The van der Waals surface area contributed by atoms with E-state index in [0.29, 0.717) is 4.47 Å². The monoisotopic (exact) mass is 411 g/mol. The molecule has 0 aromatic heterocycles. The number of nitrogens with one attached hydrogen (secondary N) is 2. The van der Waals surface area contributed by atoms with E-state index in [-0.39, 0.29) is 28.7 Å². The molecule has 1 atom stereocenters. The van der Waals surface area contributed by atoms with Crippen molar-refractivity contribution in [2.75, 3.05) is 13.1 Å². The van der Waals surface area contributed by atoms with Gasteiger partial charge in [-0.1, -0.05) is 39.1 Å². The van der Waals surface area contributed by atoms with Crippen molar-refractivity contribution in [3.63, 3.8) is 0 Å². The number of nitrogens with two attached hydrogens (primary N) is 1. The SMILES string of the molecule is NCC(=O)NCC(NC(=O)c1c(Cl)cc(Br)cc1Cl)C(=O)O. The van der Waals surface area contributed by atoms with Crippen LogP contribution in [0.15, 0.2) is 16.6 Å². The maximum Gasteiger partial charge on any atom is 0.328 e. The van der Waals surface area contributed by atoms with Crippen molar-refractivity contribution in [3.05, 3.63) is 32.2 Å².